The molecule has 0 atom stereocenters. The summed E-state index contributed by atoms with van der Waals surface area (Å²) in [5.74, 6) is -0.501. The molecule has 3 rings (SSSR count). The van der Waals surface area contributed by atoms with Gasteiger partial charge in [-0.15, -0.1) is 0 Å². The second-order valence-corrected chi connectivity index (χ2v) is 5.57. The predicted octanol–water partition coefficient (Wildman–Crippen LogP) is 2.38. The van der Waals surface area contributed by atoms with E-state index in [2.05, 4.69) is 20.8 Å². The zero-order chi connectivity index (χ0) is 16.9. The van der Waals surface area contributed by atoms with Crippen LogP contribution in [0.4, 0.5) is 0 Å². The maximum atomic E-state index is 12.2. The van der Waals surface area contributed by atoms with Gasteiger partial charge >= 0.3 is 0 Å². The van der Waals surface area contributed by atoms with Crippen LogP contribution in [0.1, 0.15) is 20.8 Å². The maximum Gasteiger partial charge on any atom is 0.272 e. The average Bonchev–Trinajstić information content (AvgIpc) is 3.03. The number of aromatic amines is 1. The van der Waals surface area contributed by atoms with Crippen LogP contribution in [-0.2, 0) is 0 Å². The summed E-state index contributed by atoms with van der Waals surface area (Å²) in [7, 11) is 0. The number of benzene rings is 2. The van der Waals surface area contributed by atoms with Crippen LogP contribution in [0.15, 0.2) is 48.5 Å². The van der Waals surface area contributed by atoms with E-state index in [0.29, 0.717) is 29.4 Å². The molecule has 0 unspecified atom stereocenters. The fraction of sp³-hybridized carbons (Fsp3) is 0.118. The number of nitrogens with zero attached hydrogens (tertiary/aromatic N) is 1. The molecule has 3 aromatic rings. The fourth-order valence-corrected chi connectivity index (χ4v) is 2.40. The molecule has 0 aliphatic rings. The van der Waals surface area contributed by atoms with Crippen molar-refractivity contribution >= 4 is 34.3 Å². The number of hydrogen-bond acceptors (Lipinski definition) is 3. The van der Waals surface area contributed by atoms with E-state index >= 15 is 0 Å². The number of para-hydroxylation sites is 1. The lowest BCUT2D eigenvalue weighted by Crippen LogP contribution is -2.34. The average molecular weight is 343 g/mol. The van der Waals surface area contributed by atoms with Crippen LogP contribution in [0.2, 0.25) is 5.02 Å². The molecule has 1 aromatic heterocycles. The summed E-state index contributed by atoms with van der Waals surface area (Å²) in [6.45, 7) is 0.620. The number of H-pyrrole nitrogens is 1. The van der Waals surface area contributed by atoms with E-state index in [4.69, 9.17) is 11.6 Å². The quantitative estimate of drug-likeness (QED) is 0.622. The number of halogens is 1. The maximum absolute atomic E-state index is 12.2. The first-order valence-corrected chi connectivity index (χ1v) is 7.78. The molecule has 0 saturated carbocycles. The van der Waals surface area contributed by atoms with Crippen molar-refractivity contribution in [3.8, 4) is 0 Å². The second kappa shape index (κ2) is 7.14. The van der Waals surface area contributed by atoms with Gasteiger partial charge in [-0.3, -0.25) is 14.7 Å². The van der Waals surface area contributed by atoms with Gasteiger partial charge in [0.1, 0.15) is 0 Å². The summed E-state index contributed by atoms with van der Waals surface area (Å²) in [6, 6.07) is 14.0. The zero-order valence-corrected chi connectivity index (χ0v) is 13.4. The van der Waals surface area contributed by atoms with Crippen molar-refractivity contribution in [1.82, 2.24) is 20.8 Å². The van der Waals surface area contributed by atoms with E-state index in [1.165, 1.54) is 0 Å². The van der Waals surface area contributed by atoms with Crippen LogP contribution >= 0.6 is 11.6 Å². The summed E-state index contributed by atoms with van der Waals surface area (Å²) >= 11 is 5.78. The Morgan fingerprint density at radius 3 is 2.38 bits per heavy atom. The van der Waals surface area contributed by atoms with Crippen molar-refractivity contribution in [2.75, 3.05) is 13.1 Å². The summed E-state index contributed by atoms with van der Waals surface area (Å²) in [6.07, 6.45) is 0. The minimum Gasteiger partial charge on any atom is -0.350 e. The summed E-state index contributed by atoms with van der Waals surface area (Å²) in [4.78, 5) is 24.1. The Morgan fingerprint density at radius 2 is 1.62 bits per heavy atom. The molecule has 2 aromatic carbocycles. The summed E-state index contributed by atoms with van der Waals surface area (Å²) in [5.41, 5.74) is 1.66. The predicted molar refractivity (Wildman–Crippen MR) is 92.2 cm³/mol. The van der Waals surface area contributed by atoms with E-state index in [-0.39, 0.29) is 11.8 Å². The van der Waals surface area contributed by atoms with Crippen molar-refractivity contribution < 1.29 is 9.59 Å². The summed E-state index contributed by atoms with van der Waals surface area (Å²) < 4.78 is 0. The SMILES string of the molecule is O=C(NCCNC(=O)c1n[nH]c2ccccc12)c1ccc(Cl)cc1. The van der Waals surface area contributed by atoms with Crippen molar-refractivity contribution in [3.05, 3.63) is 64.8 Å². The molecule has 3 N–H and O–H groups in total. The number of carbonyl (C=O) groups is 2. The molecule has 122 valence electrons. The molecular formula is C17H15ClN4O2. The molecule has 6 nitrogen and oxygen atoms in total. The highest BCUT2D eigenvalue weighted by Gasteiger charge is 2.13. The molecule has 0 aliphatic heterocycles. The molecule has 0 bridgehead atoms. The Hall–Kier alpha value is -2.86. The number of carbonyl (C=O) groups excluding carboxylic acids is 2. The largest absolute Gasteiger partial charge is 0.350 e. The zero-order valence-electron chi connectivity index (χ0n) is 12.7. The molecule has 0 saturated heterocycles. The highest BCUT2D eigenvalue weighted by molar-refractivity contribution is 6.30. The molecule has 7 heteroatoms. The Kier molecular flexibility index (Phi) is 4.77. The lowest BCUT2D eigenvalue weighted by molar-refractivity contribution is 0.0926. The molecular weight excluding hydrogens is 328 g/mol. The first-order chi connectivity index (χ1) is 11.6. The van der Waals surface area contributed by atoms with E-state index in [1.54, 1.807) is 24.3 Å². The summed E-state index contributed by atoms with van der Waals surface area (Å²) in [5, 5.41) is 13.6. The number of nitrogens with one attached hydrogen (secondary N) is 3. The monoisotopic (exact) mass is 342 g/mol. The second-order valence-electron chi connectivity index (χ2n) is 5.14. The van der Waals surface area contributed by atoms with Crippen molar-refractivity contribution in [2.45, 2.75) is 0 Å². The van der Waals surface area contributed by atoms with E-state index in [9.17, 15) is 9.59 Å². The molecule has 0 spiro atoms. The number of hydrogen-bond donors (Lipinski definition) is 3. The van der Waals surface area contributed by atoms with Gasteiger partial charge in [-0.2, -0.15) is 5.10 Å². The van der Waals surface area contributed by atoms with Gasteiger partial charge in [-0.25, -0.2) is 0 Å². The third-order valence-electron chi connectivity index (χ3n) is 3.49. The molecule has 2 amide bonds. The van der Waals surface area contributed by atoms with Crippen molar-refractivity contribution in [3.63, 3.8) is 0 Å². The molecule has 0 fully saturated rings. The smallest absolute Gasteiger partial charge is 0.272 e. The Bertz CT molecular complexity index is 874. The van der Waals surface area contributed by atoms with Crippen LogP contribution in [-0.4, -0.2) is 35.1 Å². The van der Waals surface area contributed by atoms with Gasteiger partial charge in [0, 0.05) is 29.1 Å². The van der Waals surface area contributed by atoms with Crippen LogP contribution in [0.25, 0.3) is 10.9 Å². The van der Waals surface area contributed by atoms with Gasteiger partial charge in [0.25, 0.3) is 11.8 Å². The Morgan fingerprint density at radius 1 is 0.958 bits per heavy atom. The van der Waals surface area contributed by atoms with Gasteiger partial charge in [0.15, 0.2) is 5.69 Å². The Labute approximate surface area is 143 Å². The first kappa shape index (κ1) is 16.0. The number of rotatable bonds is 5. The molecule has 24 heavy (non-hydrogen) atoms. The standard InChI is InChI=1S/C17H15ClN4O2/c18-12-7-5-11(6-8-12)16(23)19-9-10-20-17(24)15-13-3-1-2-4-14(13)21-22-15/h1-8H,9-10H2,(H,19,23)(H,20,24)(H,21,22). The Balaban J connectivity index is 1.50. The first-order valence-electron chi connectivity index (χ1n) is 7.40. The third kappa shape index (κ3) is 3.55. The number of amides is 2. The van der Waals surface area contributed by atoms with E-state index in [1.807, 2.05) is 24.3 Å². The highest BCUT2D eigenvalue weighted by Crippen LogP contribution is 2.14. The molecule has 1 heterocycles. The van der Waals surface area contributed by atoms with Crippen LogP contribution in [0.5, 0.6) is 0 Å². The van der Waals surface area contributed by atoms with Crippen molar-refractivity contribution in [1.29, 1.82) is 0 Å². The minimum absolute atomic E-state index is 0.217. The van der Waals surface area contributed by atoms with E-state index < -0.39 is 0 Å². The van der Waals surface area contributed by atoms with Gasteiger partial charge in [0.2, 0.25) is 0 Å². The van der Waals surface area contributed by atoms with Gasteiger partial charge < -0.3 is 10.6 Å². The third-order valence-corrected chi connectivity index (χ3v) is 3.74. The van der Waals surface area contributed by atoms with Crippen LogP contribution in [0.3, 0.4) is 0 Å². The minimum atomic E-state index is -0.284. The molecule has 0 radical (unpaired) electrons. The fourth-order valence-electron chi connectivity index (χ4n) is 2.28. The van der Waals surface area contributed by atoms with Crippen LogP contribution < -0.4 is 10.6 Å². The number of aromatic nitrogens is 2. The lowest BCUT2D eigenvalue weighted by atomic mass is 10.2. The van der Waals surface area contributed by atoms with Gasteiger partial charge in [0.05, 0.1) is 5.52 Å². The molecule has 0 aliphatic carbocycles. The van der Waals surface area contributed by atoms with E-state index in [0.717, 1.165) is 10.9 Å². The number of fused-ring (bicyclic) bond motifs is 1. The normalized spacial score (nSPS) is 10.5. The van der Waals surface area contributed by atoms with Crippen LogP contribution in [0, 0.1) is 0 Å². The highest BCUT2D eigenvalue weighted by atomic mass is 35.5. The van der Waals surface area contributed by atoms with Crippen molar-refractivity contribution in [2.24, 2.45) is 0 Å². The lowest BCUT2D eigenvalue weighted by Gasteiger charge is -2.06. The topological polar surface area (TPSA) is 86.9 Å². The van der Waals surface area contributed by atoms with Gasteiger partial charge in [-0.1, -0.05) is 29.8 Å². The van der Waals surface area contributed by atoms with Gasteiger partial charge in [-0.05, 0) is 30.3 Å².